The highest BCUT2D eigenvalue weighted by molar-refractivity contribution is 6.37. The minimum absolute atomic E-state index is 0.302. The molecule has 0 saturated heterocycles. The van der Waals surface area contributed by atoms with Gasteiger partial charge in [0.1, 0.15) is 10.3 Å². The SMILES string of the molecule is Clc1ccc(Cl)c(-c2ccc(Cl)nc2Cl)c1. The van der Waals surface area contributed by atoms with Gasteiger partial charge >= 0.3 is 0 Å². The predicted molar refractivity (Wildman–Crippen MR) is 69.7 cm³/mol. The standard InChI is InChI=1S/C11H5Cl4N/c12-6-1-3-9(13)8(5-6)7-2-4-10(14)16-11(7)15/h1-5H. The summed E-state index contributed by atoms with van der Waals surface area (Å²) in [6.45, 7) is 0. The van der Waals surface area contributed by atoms with Crippen molar-refractivity contribution in [1.82, 2.24) is 4.98 Å². The van der Waals surface area contributed by atoms with Gasteiger partial charge in [-0.2, -0.15) is 0 Å². The Kier molecular flexibility index (Phi) is 3.60. The van der Waals surface area contributed by atoms with Gasteiger partial charge in [-0.1, -0.05) is 46.4 Å². The van der Waals surface area contributed by atoms with E-state index in [1.807, 2.05) is 0 Å². The third-order valence-corrected chi connectivity index (χ3v) is 3.10. The fourth-order valence-corrected chi connectivity index (χ4v) is 2.16. The van der Waals surface area contributed by atoms with Crippen LogP contribution < -0.4 is 0 Å². The summed E-state index contributed by atoms with van der Waals surface area (Å²) in [6.07, 6.45) is 0. The molecule has 0 unspecified atom stereocenters. The van der Waals surface area contributed by atoms with Crippen molar-refractivity contribution >= 4 is 46.4 Å². The van der Waals surface area contributed by atoms with E-state index < -0.39 is 0 Å². The van der Waals surface area contributed by atoms with Crippen molar-refractivity contribution in [2.24, 2.45) is 0 Å². The van der Waals surface area contributed by atoms with Crippen LogP contribution in [0.2, 0.25) is 20.4 Å². The first-order chi connectivity index (χ1) is 7.58. The van der Waals surface area contributed by atoms with Crippen molar-refractivity contribution in [2.45, 2.75) is 0 Å². The fourth-order valence-electron chi connectivity index (χ4n) is 1.32. The van der Waals surface area contributed by atoms with Gasteiger partial charge in [0.05, 0.1) is 0 Å². The van der Waals surface area contributed by atoms with E-state index in [1.54, 1.807) is 30.3 Å². The van der Waals surface area contributed by atoms with E-state index in [0.29, 0.717) is 25.9 Å². The van der Waals surface area contributed by atoms with Crippen molar-refractivity contribution in [2.75, 3.05) is 0 Å². The molecule has 0 saturated carbocycles. The van der Waals surface area contributed by atoms with E-state index in [-0.39, 0.29) is 0 Å². The summed E-state index contributed by atoms with van der Waals surface area (Å²) in [4.78, 5) is 3.95. The highest BCUT2D eigenvalue weighted by atomic mass is 35.5. The van der Waals surface area contributed by atoms with Gasteiger partial charge in [-0.05, 0) is 30.3 Å². The second kappa shape index (κ2) is 4.80. The van der Waals surface area contributed by atoms with Crippen molar-refractivity contribution < 1.29 is 0 Å². The van der Waals surface area contributed by atoms with Crippen LogP contribution in [0.5, 0.6) is 0 Å². The molecule has 2 aromatic rings. The Hall–Kier alpha value is -0.470. The Morgan fingerprint density at radius 3 is 2.25 bits per heavy atom. The molecular weight excluding hydrogens is 288 g/mol. The zero-order valence-electron chi connectivity index (χ0n) is 7.85. The molecule has 0 aliphatic carbocycles. The first-order valence-electron chi connectivity index (χ1n) is 4.35. The van der Waals surface area contributed by atoms with E-state index in [1.165, 1.54) is 0 Å². The van der Waals surface area contributed by atoms with Crippen molar-refractivity contribution in [3.05, 3.63) is 50.7 Å². The van der Waals surface area contributed by atoms with Gasteiger partial charge < -0.3 is 0 Å². The second-order valence-corrected chi connectivity index (χ2v) is 4.69. The van der Waals surface area contributed by atoms with Gasteiger partial charge in [0, 0.05) is 21.2 Å². The largest absolute Gasteiger partial charge is 0.224 e. The Balaban J connectivity index is 2.62. The minimum atomic E-state index is 0.302. The monoisotopic (exact) mass is 291 g/mol. The summed E-state index contributed by atoms with van der Waals surface area (Å²) in [5, 5.41) is 1.80. The molecule has 16 heavy (non-hydrogen) atoms. The highest BCUT2D eigenvalue weighted by Gasteiger charge is 2.09. The van der Waals surface area contributed by atoms with Crippen LogP contribution >= 0.6 is 46.4 Å². The average Bonchev–Trinajstić information content (AvgIpc) is 2.22. The number of halogens is 4. The molecule has 0 bridgehead atoms. The van der Waals surface area contributed by atoms with Crippen LogP contribution in [0.25, 0.3) is 11.1 Å². The van der Waals surface area contributed by atoms with Crippen LogP contribution in [0, 0.1) is 0 Å². The lowest BCUT2D eigenvalue weighted by Crippen LogP contribution is -1.85. The lowest BCUT2D eigenvalue weighted by Gasteiger charge is -2.06. The molecule has 1 aromatic heterocycles. The number of rotatable bonds is 1. The van der Waals surface area contributed by atoms with Crippen LogP contribution in [0.4, 0.5) is 0 Å². The Labute approximate surface area is 113 Å². The van der Waals surface area contributed by atoms with Gasteiger partial charge in [-0.25, -0.2) is 4.98 Å². The molecule has 0 aliphatic heterocycles. The topological polar surface area (TPSA) is 12.9 Å². The second-order valence-electron chi connectivity index (χ2n) is 3.10. The van der Waals surface area contributed by atoms with E-state index in [4.69, 9.17) is 46.4 Å². The summed E-state index contributed by atoms with van der Waals surface area (Å²) in [7, 11) is 0. The Morgan fingerprint density at radius 1 is 0.812 bits per heavy atom. The van der Waals surface area contributed by atoms with Crippen molar-refractivity contribution in [3.8, 4) is 11.1 Å². The molecule has 0 radical (unpaired) electrons. The predicted octanol–water partition coefficient (Wildman–Crippen LogP) is 5.36. The molecule has 0 N–H and O–H groups in total. The number of nitrogens with zero attached hydrogens (tertiary/aromatic N) is 1. The number of hydrogen-bond donors (Lipinski definition) is 0. The lowest BCUT2D eigenvalue weighted by molar-refractivity contribution is 1.33. The normalized spacial score (nSPS) is 10.5. The van der Waals surface area contributed by atoms with Gasteiger partial charge in [0.15, 0.2) is 0 Å². The molecule has 0 fully saturated rings. The van der Waals surface area contributed by atoms with E-state index in [2.05, 4.69) is 4.98 Å². The van der Waals surface area contributed by atoms with Crippen LogP contribution in [-0.2, 0) is 0 Å². The number of pyridine rings is 1. The van der Waals surface area contributed by atoms with E-state index in [9.17, 15) is 0 Å². The third-order valence-electron chi connectivity index (χ3n) is 2.03. The summed E-state index contributed by atoms with van der Waals surface area (Å²) in [5.41, 5.74) is 1.45. The van der Waals surface area contributed by atoms with Crippen LogP contribution in [0.3, 0.4) is 0 Å². The maximum Gasteiger partial charge on any atom is 0.138 e. The van der Waals surface area contributed by atoms with Gasteiger partial charge in [0.2, 0.25) is 0 Å². The van der Waals surface area contributed by atoms with Crippen LogP contribution in [0.1, 0.15) is 0 Å². The van der Waals surface area contributed by atoms with Crippen LogP contribution in [-0.4, -0.2) is 4.98 Å². The fraction of sp³-hybridized carbons (Fsp3) is 0. The minimum Gasteiger partial charge on any atom is -0.224 e. The molecule has 82 valence electrons. The number of hydrogen-bond acceptors (Lipinski definition) is 1. The summed E-state index contributed by atoms with van der Waals surface area (Å²) >= 11 is 23.7. The average molecular weight is 293 g/mol. The van der Waals surface area contributed by atoms with Crippen LogP contribution in [0.15, 0.2) is 30.3 Å². The summed E-state index contributed by atoms with van der Waals surface area (Å²) in [5.74, 6) is 0. The molecule has 1 nitrogen and oxygen atoms in total. The van der Waals surface area contributed by atoms with E-state index in [0.717, 1.165) is 5.56 Å². The molecular formula is C11H5Cl4N. The summed E-state index contributed by atoms with van der Waals surface area (Å²) < 4.78 is 0. The highest BCUT2D eigenvalue weighted by Crippen LogP contribution is 2.34. The maximum absolute atomic E-state index is 6.06. The molecule has 0 amide bonds. The van der Waals surface area contributed by atoms with Gasteiger partial charge in [-0.3, -0.25) is 0 Å². The quantitative estimate of drug-likeness (QED) is 0.645. The summed E-state index contributed by atoms with van der Waals surface area (Å²) in [6, 6.07) is 8.57. The Morgan fingerprint density at radius 2 is 1.56 bits per heavy atom. The first kappa shape index (κ1) is 12.0. The molecule has 0 aliphatic rings. The molecule has 0 atom stereocenters. The van der Waals surface area contributed by atoms with Gasteiger partial charge in [0.25, 0.3) is 0 Å². The number of aromatic nitrogens is 1. The Bertz CT molecular complexity index is 540. The van der Waals surface area contributed by atoms with Gasteiger partial charge in [-0.15, -0.1) is 0 Å². The maximum atomic E-state index is 6.06. The van der Waals surface area contributed by atoms with Crippen molar-refractivity contribution in [1.29, 1.82) is 0 Å². The smallest absolute Gasteiger partial charge is 0.138 e. The van der Waals surface area contributed by atoms with E-state index >= 15 is 0 Å². The third kappa shape index (κ3) is 2.44. The first-order valence-corrected chi connectivity index (χ1v) is 5.86. The molecule has 0 spiro atoms. The molecule has 5 heteroatoms. The zero-order valence-corrected chi connectivity index (χ0v) is 10.9. The molecule has 1 heterocycles. The molecule has 1 aromatic carbocycles. The lowest BCUT2D eigenvalue weighted by atomic mass is 10.1. The molecule has 2 rings (SSSR count). The van der Waals surface area contributed by atoms with Crippen molar-refractivity contribution in [3.63, 3.8) is 0 Å². The zero-order chi connectivity index (χ0) is 11.7. The number of benzene rings is 1.